The van der Waals surface area contributed by atoms with Gasteiger partial charge in [-0.1, -0.05) is 43.1 Å². The molecule has 0 radical (unpaired) electrons. The van der Waals surface area contributed by atoms with E-state index in [4.69, 9.17) is 0 Å². The highest BCUT2D eigenvalue weighted by molar-refractivity contribution is 5.32. The largest absolute Gasteiger partial charge is 0.0847 e. The van der Waals surface area contributed by atoms with Crippen LogP contribution in [0.3, 0.4) is 0 Å². The van der Waals surface area contributed by atoms with E-state index in [9.17, 15) is 0 Å². The third-order valence-electron chi connectivity index (χ3n) is 3.37. The van der Waals surface area contributed by atoms with Gasteiger partial charge >= 0.3 is 0 Å². The highest BCUT2D eigenvalue weighted by Gasteiger charge is 2.27. The molecule has 0 N–H and O–H groups in total. The van der Waals surface area contributed by atoms with Crippen LogP contribution >= 0.6 is 0 Å². The maximum Gasteiger partial charge on any atom is -0.0105 e. The van der Waals surface area contributed by atoms with Crippen molar-refractivity contribution in [1.29, 1.82) is 0 Å². The second-order valence-corrected chi connectivity index (χ2v) is 4.45. The smallest absolute Gasteiger partial charge is 0.0105 e. The Morgan fingerprint density at radius 1 is 1.46 bits per heavy atom. The maximum absolute atomic E-state index is 2.53. The fourth-order valence-corrected chi connectivity index (χ4v) is 2.55. The molecule has 13 heavy (non-hydrogen) atoms. The first-order chi connectivity index (χ1) is 6.40. The van der Waals surface area contributed by atoms with Crippen LogP contribution in [0.1, 0.15) is 51.9 Å². The van der Waals surface area contributed by atoms with Gasteiger partial charge in [-0.05, 0) is 38.0 Å². The zero-order valence-electron chi connectivity index (χ0n) is 8.68. The molecule has 0 aromatic heterocycles. The van der Waals surface area contributed by atoms with Gasteiger partial charge < -0.3 is 0 Å². The van der Waals surface area contributed by atoms with Crippen molar-refractivity contribution in [2.45, 2.75) is 51.9 Å². The zero-order valence-corrected chi connectivity index (χ0v) is 8.68. The van der Waals surface area contributed by atoms with Gasteiger partial charge in [0, 0.05) is 0 Å². The molecule has 1 saturated carbocycles. The number of fused-ring (bicyclic) bond motifs is 2. The summed E-state index contributed by atoms with van der Waals surface area (Å²) in [5.41, 5.74) is 3.47. The van der Waals surface area contributed by atoms with Gasteiger partial charge in [0.1, 0.15) is 0 Å². The molecular weight excluding hydrogens is 156 g/mol. The Hall–Kier alpha value is -0.520. The number of rotatable bonds is 4. The van der Waals surface area contributed by atoms with E-state index in [-0.39, 0.29) is 0 Å². The second kappa shape index (κ2) is 4.13. The van der Waals surface area contributed by atoms with Crippen LogP contribution in [0.2, 0.25) is 0 Å². The van der Waals surface area contributed by atoms with E-state index in [1.54, 1.807) is 11.1 Å². The minimum atomic E-state index is 0.927. The first kappa shape index (κ1) is 9.05. The summed E-state index contributed by atoms with van der Waals surface area (Å²) in [7, 11) is 0. The lowest BCUT2D eigenvalue weighted by atomic mass is 9.97. The fraction of sp³-hybridized carbons (Fsp3) is 0.692. The Balaban J connectivity index is 1.78. The summed E-state index contributed by atoms with van der Waals surface area (Å²) in [4.78, 5) is 0. The van der Waals surface area contributed by atoms with Crippen molar-refractivity contribution < 1.29 is 0 Å². The van der Waals surface area contributed by atoms with Gasteiger partial charge in [0.2, 0.25) is 0 Å². The van der Waals surface area contributed by atoms with Gasteiger partial charge in [-0.2, -0.15) is 0 Å². The highest BCUT2D eigenvalue weighted by Crippen LogP contribution is 2.43. The van der Waals surface area contributed by atoms with Crippen molar-refractivity contribution in [2.75, 3.05) is 0 Å². The molecule has 1 atom stereocenters. The summed E-state index contributed by atoms with van der Waals surface area (Å²) in [5, 5.41) is 0. The molecule has 0 nitrogen and oxygen atoms in total. The molecule has 2 rings (SSSR count). The topological polar surface area (TPSA) is 0 Å². The first-order valence-electron chi connectivity index (χ1n) is 5.77. The lowest BCUT2D eigenvalue weighted by Crippen LogP contribution is -1.93. The zero-order chi connectivity index (χ0) is 9.10. The van der Waals surface area contributed by atoms with Crippen LogP contribution in [0, 0.1) is 5.92 Å². The van der Waals surface area contributed by atoms with E-state index in [0.29, 0.717) is 0 Å². The van der Waals surface area contributed by atoms with E-state index >= 15 is 0 Å². The molecule has 2 aliphatic rings. The molecule has 0 saturated heterocycles. The van der Waals surface area contributed by atoms with Crippen LogP contribution in [-0.4, -0.2) is 0 Å². The summed E-state index contributed by atoms with van der Waals surface area (Å²) in [5.74, 6) is 0.927. The summed E-state index contributed by atoms with van der Waals surface area (Å²) in [6, 6.07) is 0. The Labute approximate surface area is 81.7 Å². The standard InChI is InChI=1S/C13H20/c1-2-3-4-5-6-12-9-11-7-8-13(12)10-11/h6-7,13H,2-5,8-10H2,1H3. The lowest BCUT2D eigenvalue weighted by Gasteiger charge is -2.08. The monoisotopic (exact) mass is 176 g/mol. The normalized spacial score (nSPS) is 28.5. The summed E-state index contributed by atoms with van der Waals surface area (Å²) in [6.07, 6.45) is 14.5. The van der Waals surface area contributed by atoms with Crippen LogP contribution in [0.15, 0.2) is 23.3 Å². The number of hydrogen-bond acceptors (Lipinski definition) is 0. The molecule has 2 aliphatic carbocycles. The molecule has 0 aromatic carbocycles. The van der Waals surface area contributed by atoms with Crippen molar-refractivity contribution in [1.82, 2.24) is 0 Å². The highest BCUT2D eigenvalue weighted by atomic mass is 14.3. The molecular formula is C13H20. The van der Waals surface area contributed by atoms with Crippen molar-refractivity contribution in [3.8, 4) is 0 Å². The van der Waals surface area contributed by atoms with Crippen LogP contribution in [-0.2, 0) is 0 Å². The average Bonchev–Trinajstić information content (AvgIpc) is 2.73. The minimum Gasteiger partial charge on any atom is -0.0847 e. The molecule has 0 aromatic rings. The van der Waals surface area contributed by atoms with Crippen LogP contribution < -0.4 is 0 Å². The summed E-state index contributed by atoms with van der Waals surface area (Å²) in [6.45, 7) is 2.27. The lowest BCUT2D eigenvalue weighted by molar-refractivity contribution is 0.679. The fourth-order valence-electron chi connectivity index (χ4n) is 2.55. The van der Waals surface area contributed by atoms with Gasteiger partial charge in [0.05, 0.1) is 0 Å². The van der Waals surface area contributed by atoms with Gasteiger partial charge in [0.15, 0.2) is 0 Å². The van der Waals surface area contributed by atoms with Gasteiger partial charge in [-0.25, -0.2) is 0 Å². The van der Waals surface area contributed by atoms with E-state index < -0.39 is 0 Å². The van der Waals surface area contributed by atoms with Crippen molar-refractivity contribution >= 4 is 0 Å². The molecule has 1 unspecified atom stereocenters. The summed E-state index contributed by atoms with van der Waals surface area (Å²) < 4.78 is 0. The molecule has 2 bridgehead atoms. The molecule has 0 heteroatoms. The van der Waals surface area contributed by atoms with E-state index in [1.165, 1.54) is 44.9 Å². The third kappa shape index (κ3) is 2.04. The third-order valence-corrected chi connectivity index (χ3v) is 3.37. The minimum absolute atomic E-state index is 0.927. The Morgan fingerprint density at radius 3 is 3.00 bits per heavy atom. The molecule has 0 heterocycles. The number of unbranched alkanes of at least 4 members (excludes halogenated alkanes) is 3. The van der Waals surface area contributed by atoms with E-state index in [0.717, 1.165) is 5.92 Å². The molecule has 1 fully saturated rings. The van der Waals surface area contributed by atoms with E-state index in [2.05, 4.69) is 19.1 Å². The number of hydrogen-bond donors (Lipinski definition) is 0. The molecule has 0 spiro atoms. The maximum atomic E-state index is 2.53. The van der Waals surface area contributed by atoms with Gasteiger partial charge in [0.25, 0.3) is 0 Å². The van der Waals surface area contributed by atoms with Crippen LogP contribution in [0.5, 0.6) is 0 Å². The van der Waals surface area contributed by atoms with Crippen molar-refractivity contribution in [3.05, 3.63) is 23.3 Å². The Bertz CT molecular complexity index is 232. The predicted octanol–water partition coefficient (Wildman–Crippen LogP) is 4.23. The van der Waals surface area contributed by atoms with Gasteiger partial charge in [-0.3, -0.25) is 0 Å². The molecule has 0 amide bonds. The Kier molecular flexibility index (Phi) is 2.87. The quantitative estimate of drug-likeness (QED) is 0.444. The van der Waals surface area contributed by atoms with E-state index in [1.807, 2.05) is 0 Å². The number of allylic oxidation sites excluding steroid dienone is 4. The van der Waals surface area contributed by atoms with Crippen LogP contribution in [0.25, 0.3) is 0 Å². The predicted molar refractivity (Wildman–Crippen MR) is 57.6 cm³/mol. The van der Waals surface area contributed by atoms with Crippen molar-refractivity contribution in [3.63, 3.8) is 0 Å². The van der Waals surface area contributed by atoms with Crippen LogP contribution in [0.4, 0.5) is 0 Å². The molecule has 0 aliphatic heterocycles. The van der Waals surface area contributed by atoms with Gasteiger partial charge in [-0.15, -0.1) is 0 Å². The average molecular weight is 176 g/mol. The second-order valence-electron chi connectivity index (χ2n) is 4.45. The summed E-state index contributed by atoms with van der Waals surface area (Å²) >= 11 is 0. The van der Waals surface area contributed by atoms with Crippen molar-refractivity contribution in [2.24, 2.45) is 5.92 Å². The SMILES string of the molecule is CCCCCC=C1CC2=CCC1C2. The Morgan fingerprint density at radius 2 is 2.38 bits per heavy atom. The molecule has 72 valence electrons. The first-order valence-corrected chi connectivity index (χ1v) is 5.77.